The largest absolute Gasteiger partial charge is 0.496 e. The number of carbonyl (C=O) groups is 1. The van der Waals surface area contributed by atoms with Crippen molar-refractivity contribution in [1.29, 1.82) is 0 Å². The molecule has 2 aromatic carbocycles. The number of methoxy groups -OCH3 is 1. The van der Waals surface area contributed by atoms with Crippen LogP contribution in [-0.4, -0.2) is 13.0 Å². The Hall–Kier alpha value is -2.43. The zero-order valence-corrected chi connectivity index (χ0v) is 11.7. The van der Waals surface area contributed by atoms with E-state index in [2.05, 4.69) is 5.32 Å². The van der Waals surface area contributed by atoms with Gasteiger partial charge in [0.25, 0.3) is 5.91 Å². The lowest BCUT2D eigenvalue weighted by molar-refractivity contribution is 0.0936. The summed E-state index contributed by atoms with van der Waals surface area (Å²) < 4.78 is 31.2. The summed E-state index contributed by atoms with van der Waals surface area (Å²) >= 11 is 0. The normalized spacial score (nSPS) is 11.8. The topological polar surface area (TPSA) is 38.3 Å². The van der Waals surface area contributed by atoms with Gasteiger partial charge in [-0.25, -0.2) is 8.78 Å². The Kier molecular flexibility index (Phi) is 4.52. The number of carbonyl (C=O) groups excluding carboxylic acids is 1. The summed E-state index contributed by atoms with van der Waals surface area (Å²) in [6, 6.07) is 9.87. The fourth-order valence-corrected chi connectivity index (χ4v) is 1.97. The summed E-state index contributed by atoms with van der Waals surface area (Å²) in [6.45, 7) is 1.69. The number of rotatable bonds is 4. The third-order valence-corrected chi connectivity index (χ3v) is 3.14. The highest BCUT2D eigenvalue weighted by atomic mass is 19.2. The Morgan fingerprint density at radius 3 is 2.52 bits per heavy atom. The molecule has 110 valence electrons. The van der Waals surface area contributed by atoms with Crippen molar-refractivity contribution in [3.63, 3.8) is 0 Å². The Balaban J connectivity index is 2.16. The standard InChI is InChI=1S/C16H15F2NO2/c1-10(11-7-8-13(17)14(18)9-11)19-16(20)12-5-3-4-6-15(12)21-2/h3-10H,1-2H3,(H,19,20). The molecule has 1 unspecified atom stereocenters. The number of nitrogens with one attached hydrogen (secondary N) is 1. The molecular formula is C16H15F2NO2. The van der Waals surface area contributed by atoms with Crippen LogP contribution >= 0.6 is 0 Å². The van der Waals surface area contributed by atoms with E-state index in [4.69, 9.17) is 4.74 Å². The molecule has 0 aromatic heterocycles. The second-order valence-corrected chi connectivity index (χ2v) is 4.57. The lowest BCUT2D eigenvalue weighted by Crippen LogP contribution is -2.27. The molecule has 1 atom stereocenters. The number of para-hydroxylation sites is 1. The second-order valence-electron chi connectivity index (χ2n) is 4.57. The number of hydrogen-bond acceptors (Lipinski definition) is 2. The van der Waals surface area contributed by atoms with Gasteiger partial charge in [-0.05, 0) is 36.8 Å². The van der Waals surface area contributed by atoms with Gasteiger partial charge in [-0.15, -0.1) is 0 Å². The van der Waals surface area contributed by atoms with Crippen molar-refractivity contribution in [3.05, 3.63) is 65.2 Å². The zero-order chi connectivity index (χ0) is 15.4. The minimum Gasteiger partial charge on any atom is -0.496 e. The quantitative estimate of drug-likeness (QED) is 0.936. The Labute approximate surface area is 121 Å². The van der Waals surface area contributed by atoms with Gasteiger partial charge in [0.2, 0.25) is 0 Å². The summed E-state index contributed by atoms with van der Waals surface area (Å²) in [5, 5.41) is 2.73. The lowest BCUT2D eigenvalue weighted by atomic mass is 10.1. The maximum Gasteiger partial charge on any atom is 0.255 e. The molecule has 2 rings (SSSR count). The van der Waals surface area contributed by atoms with Crippen LogP contribution in [-0.2, 0) is 0 Å². The minimum absolute atomic E-state index is 0.343. The predicted octanol–water partition coefficient (Wildman–Crippen LogP) is 3.46. The maximum atomic E-state index is 13.2. The minimum atomic E-state index is -0.939. The molecule has 0 aliphatic heterocycles. The Bertz CT molecular complexity index is 658. The first kappa shape index (κ1) is 15.0. The van der Waals surface area contributed by atoms with Crippen LogP contribution in [0.4, 0.5) is 8.78 Å². The van der Waals surface area contributed by atoms with Crippen molar-refractivity contribution < 1.29 is 18.3 Å². The van der Waals surface area contributed by atoms with E-state index >= 15 is 0 Å². The number of ether oxygens (including phenoxy) is 1. The van der Waals surface area contributed by atoms with Gasteiger partial charge in [0, 0.05) is 0 Å². The molecular weight excluding hydrogens is 276 g/mol. The molecule has 21 heavy (non-hydrogen) atoms. The van der Waals surface area contributed by atoms with Gasteiger partial charge in [0.15, 0.2) is 11.6 Å². The first-order valence-corrected chi connectivity index (χ1v) is 6.41. The molecule has 1 amide bonds. The van der Waals surface area contributed by atoms with Crippen LogP contribution in [0.1, 0.15) is 28.9 Å². The summed E-state index contributed by atoms with van der Waals surface area (Å²) in [6.07, 6.45) is 0. The summed E-state index contributed by atoms with van der Waals surface area (Å²) in [4.78, 5) is 12.2. The third kappa shape index (κ3) is 3.37. The van der Waals surface area contributed by atoms with Crippen LogP contribution in [0.3, 0.4) is 0 Å². The highest BCUT2D eigenvalue weighted by molar-refractivity contribution is 5.97. The molecule has 0 radical (unpaired) electrons. The van der Waals surface area contributed by atoms with Crippen molar-refractivity contribution >= 4 is 5.91 Å². The van der Waals surface area contributed by atoms with E-state index in [1.54, 1.807) is 31.2 Å². The van der Waals surface area contributed by atoms with Crippen molar-refractivity contribution in [1.82, 2.24) is 5.32 Å². The summed E-state index contributed by atoms with van der Waals surface area (Å²) in [5.41, 5.74) is 0.867. The van der Waals surface area contributed by atoms with Gasteiger partial charge >= 0.3 is 0 Å². The highest BCUT2D eigenvalue weighted by Crippen LogP contribution is 2.20. The SMILES string of the molecule is COc1ccccc1C(=O)NC(C)c1ccc(F)c(F)c1. The summed E-state index contributed by atoms with van der Waals surface area (Å²) in [5.74, 6) is -1.75. The number of amides is 1. The molecule has 0 spiro atoms. The van der Waals surface area contributed by atoms with Gasteiger partial charge in [0.1, 0.15) is 5.75 Å². The first-order valence-electron chi connectivity index (χ1n) is 6.41. The van der Waals surface area contributed by atoms with Crippen LogP contribution in [0.5, 0.6) is 5.75 Å². The molecule has 0 fully saturated rings. The molecule has 0 saturated carbocycles. The zero-order valence-electron chi connectivity index (χ0n) is 11.7. The van der Waals surface area contributed by atoms with Crippen LogP contribution in [0.15, 0.2) is 42.5 Å². The molecule has 0 saturated heterocycles. The number of hydrogen-bond donors (Lipinski definition) is 1. The molecule has 3 nitrogen and oxygen atoms in total. The van der Waals surface area contributed by atoms with Crippen molar-refractivity contribution in [2.75, 3.05) is 7.11 Å². The third-order valence-electron chi connectivity index (χ3n) is 3.14. The molecule has 0 aliphatic rings. The molecule has 2 aromatic rings. The van der Waals surface area contributed by atoms with Gasteiger partial charge < -0.3 is 10.1 Å². The Morgan fingerprint density at radius 2 is 1.86 bits per heavy atom. The highest BCUT2D eigenvalue weighted by Gasteiger charge is 2.16. The van der Waals surface area contributed by atoms with E-state index in [0.717, 1.165) is 12.1 Å². The second kappa shape index (κ2) is 6.35. The van der Waals surface area contributed by atoms with Gasteiger partial charge in [-0.2, -0.15) is 0 Å². The lowest BCUT2D eigenvalue weighted by Gasteiger charge is -2.16. The van der Waals surface area contributed by atoms with Gasteiger partial charge in [-0.1, -0.05) is 18.2 Å². The molecule has 1 N–H and O–H groups in total. The van der Waals surface area contributed by atoms with E-state index in [1.165, 1.54) is 13.2 Å². The average molecular weight is 291 g/mol. The van der Waals surface area contributed by atoms with Crippen LogP contribution in [0.2, 0.25) is 0 Å². The predicted molar refractivity (Wildman–Crippen MR) is 75.2 cm³/mol. The molecule has 5 heteroatoms. The number of halogens is 2. The van der Waals surface area contributed by atoms with E-state index < -0.39 is 17.7 Å². The van der Waals surface area contributed by atoms with E-state index in [0.29, 0.717) is 16.9 Å². The number of benzene rings is 2. The molecule has 0 aliphatic carbocycles. The maximum absolute atomic E-state index is 13.2. The van der Waals surface area contributed by atoms with Gasteiger partial charge in [-0.3, -0.25) is 4.79 Å². The van der Waals surface area contributed by atoms with Gasteiger partial charge in [0.05, 0.1) is 18.7 Å². The van der Waals surface area contributed by atoms with E-state index in [9.17, 15) is 13.6 Å². The van der Waals surface area contributed by atoms with Crippen molar-refractivity contribution in [3.8, 4) is 5.75 Å². The summed E-state index contributed by atoms with van der Waals surface area (Å²) in [7, 11) is 1.48. The fraction of sp³-hybridized carbons (Fsp3) is 0.188. The van der Waals surface area contributed by atoms with Crippen LogP contribution in [0, 0.1) is 11.6 Å². The fourth-order valence-electron chi connectivity index (χ4n) is 1.97. The monoisotopic (exact) mass is 291 g/mol. The van der Waals surface area contributed by atoms with Crippen molar-refractivity contribution in [2.45, 2.75) is 13.0 Å². The van der Waals surface area contributed by atoms with E-state index in [1.807, 2.05) is 0 Å². The van der Waals surface area contributed by atoms with E-state index in [-0.39, 0.29) is 5.91 Å². The van der Waals surface area contributed by atoms with Crippen LogP contribution < -0.4 is 10.1 Å². The molecule has 0 heterocycles. The smallest absolute Gasteiger partial charge is 0.255 e. The first-order chi connectivity index (χ1) is 10.0. The Morgan fingerprint density at radius 1 is 1.14 bits per heavy atom. The van der Waals surface area contributed by atoms with Crippen molar-refractivity contribution in [2.24, 2.45) is 0 Å². The molecule has 0 bridgehead atoms. The van der Waals surface area contributed by atoms with Crippen LogP contribution in [0.25, 0.3) is 0 Å². The average Bonchev–Trinajstić information content (AvgIpc) is 2.49.